The molecule has 0 bridgehead atoms. The summed E-state index contributed by atoms with van der Waals surface area (Å²) in [5, 5.41) is 3.40. The van der Waals surface area contributed by atoms with Crippen molar-refractivity contribution in [3.8, 4) is 0 Å². The van der Waals surface area contributed by atoms with Gasteiger partial charge in [-0.1, -0.05) is 39.8 Å². The summed E-state index contributed by atoms with van der Waals surface area (Å²) in [5.41, 5.74) is 1.01. The van der Waals surface area contributed by atoms with Crippen molar-refractivity contribution in [2.24, 2.45) is 0 Å². The van der Waals surface area contributed by atoms with Crippen LogP contribution in [0.1, 0.15) is 18.4 Å². The number of rotatable bonds is 5. The molecule has 1 saturated carbocycles. The minimum absolute atomic E-state index is 0.148. The molecule has 1 N–H and O–H groups in total. The van der Waals surface area contributed by atoms with E-state index < -0.39 is 0 Å². The normalized spacial score (nSPS) is 14.5. The molecular weight excluding hydrogens is 337 g/mol. The SMILES string of the molecule is Fc1cc(CNC2CC2)ccc1Sc1cccc(Br)c1. The predicted molar refractivity (Wildman–Crippen MR) is 84.5 cm³/mol. The first kappa shape index (κ1) is 14.1. The van der Waals surface area contributed by atoms with Crippen LogP contribution in [0.25, 0.3) is 0 Å². The summed E-state index contributed by atoms with van der Waals surface area (Å²) in [7, 11) is 0. The van der Waals surface area contributed by atoms with Gasteiger partial charge in [-0.05, 0) is 48.7 Å². The largest absolute Gasteiger partial charge is 0.310 e. The average molecular weight is 352 g/mol. The Morgan fingerprint density at radius 3 is 2.75 bits per heavy atom. The molecular formula is C16H15BrFNS. The van der Waals surface area contributed by atoms with Crippen LogP contribution in [-0.2, 0) is 6.54 Å². The van der Waals surface area contributed by atoms with E-state index in [-0.39, 0.29) is 5.82 Å². The van der Waals surface area contributed by atoms with Gasteiger partial charge in [0.2, 0.25) is 0 Å². The minimum Gasteiger partial charge on any atom is -0.310 e. The Labute approximate surface area is 131 Å². The smallest absolute Gasteiger partial charge is 0.137 e. The maximum Gasteiger partial charge on any atom is 0.137 e. The molecule has 0 saturated heterocycles. The van der Waals surface area contributed by atoms with Crippen molar-refractivity contribution in [3.63, 3.8) is 0 Å². The number of hydrogen-bond donors (Lipinski definition) is 1. The fourth-order valence-electron chi connectivity index (χ4n) is 1.94. The Balaban J connectivity index is 1.69. The quantitative estimate of drug-likeness (QED) is 0.814. The molecule has 2 aromatic carbocycles. The van der Waals surface area contributed by atoms with Crippen LogP contribution in [0.5, 0.6) is 0 Å². The highest BCUT2D eigenvalue weighted by molar-refractivity contribution is 9.10. The van der Waals surface area contributed by atoms with Crippen molar-refractivity contribution >= 4 is 27.7 Å². The van der Waals surface area contributed by atoms with Crippen molar-refractivity contribution in [1.82, 2.24) is 5.32 Å². The van der Waals surface area contributed by atoms with E-state index in [2.05, 4.69) is 21.2 Å². The zero-order chi connectivity index (χ0) is 13.9. The van der Waals surface area contributed by atoms with Gasteiger partial charge in [-0.3, -0.25) is 0 Å². The molecule has 0 aliphatic heterocycles. The summed E-state index contributed by atoms with van der Waals surface area (Å²) in [5.74, 6) is -0.148. The highest BCUT2D eigenvalue weighted by Gasteiger charge is 2.20. The Kier molecular flexibility index (Phi) is 4.44. The van der Waals surface area contributed by atoms with E-state index >= 15 is 0 Å². The molecule has 0 heterocycles. The van der Waals surface area contributed by atoms with Gasteiger partial charge in [0.05, 0.1) is 0 Å². The molecule has 0 radical (unpaired) electrons. The Bertz CT molecular complexity index is 613. The molecule has 0 amide bonds. The molecule has 20 heavy (non-hydrogen) atoms. The van der Waals surface area contributed by atoms with Gasteiger partial charge in [-0.15, -0.1) is 0 Å². The third kappa shape index (κ3) is 3.84. The van der Waals surface area contributed by atoms with E-state index in [1.165, 1.54) is 24.6 Å². The molecule has 4 heteroatoms. The highest BCUT2D eigenvalue weighted by Crippen LogP contribution is 2.31. The van der Waals surface area contributed by atoms with Crippen molar-refractivity contribution in [2.45, 2.75) is 35.2 Å². The van der Waals surface area contributed by atoms with Crippen molar-refractivity contribution in [2.75, 3.05) is 0 Å². The molecule has 0 aromatic heterocycles. The monoisotopic (exact) mass is 351 g/mol. The Morgan fingerprint density at radius 1 is 1.20 bits per heavy atom. The molecule has 1 aliphatic rings. The van der Waals surface area contributed by atoms with Crippen LogP contribution in [0.3, 0.4) is 0 Å². The predicted octanol–water partition coefficient (Wildman–Crippen LogP) is 4.99. The molecule has 0 atom stereocenters. The maximum atomic E-state index is 14.1. The van der Waals surface area contributed by atoms with E-state index in [4.69, 9.17) is 0 Å². The summed E-state index contributed by atoms with van der Waals surface area (Å²) < 4.78 is 15.1. The fraction of sp³-hybridized carbons (Fsp3) is 0.250. The van der Waals surface area contributed by atoms with E-state index in [0.29, 0.717) is 10.9 Å². The second-order valence-electron chi connectivity index (χ2n) is 4.98. The number of hydrogen-bond acceptors (Lipinski definition) is 2. The zero-order valence-corrected chi connectivity index (χ0v) is 13.3. The van der Waals surface area contributed by atoms with Crippen molar-refractivity contribution in [1.29, 1.82) is 0 Å². The number of halogens is 2. The van der Waals surface area contributed by atoms with Gasteiger partial charge < -0.3 is 5.32 Å². The second kappa shape index (κ2) is 6.29. The third-order valence-corrected chi connectivity index (χ3v) is 4.73. The van der Waals surface area contributed by atoms with Crippen LogP contribution >= 0.6 is 27.7 Å². The Morgan fingerprint density at radius 2 is 2.05 bits per heavy atom. The summed E-state index contributed by atoms with van der Waals surface area (Å²) in [6, 6.07) is 14.0. The van der Waals surface area contributed by atoms with Crippen LogP contribution in [-0.4, -0.2) is 6.04 Å². The topological polar surface area (TPSA) is 12.0 Å². The van der Waals surface area contributed by atoms with E-state index in [9.17, 15) is 4.39 Å². The second-order valence-corrected chi connectivity index (χ2v) is 7.01. The summed E-state index contributed by atoms with van der Waals surface area (Å²) >= 11 is 4.88. The van der Waals surface area contributed by atoms with E-state index in [1.807, 2.05) is 36.4 Å². The standard InChI is InChI=1S/C16H15BrFNS/c17-12-2-1-3-14(9-12)20-16-7-4-11(8-15(16)18)10-19-13-5-6-13/h1-4,7-9,13,19H,5-6,10H2. The maximum absolute atomic E-state index is 14.1. The molecule has 0 spiro atoms. The fourth-order valence-corrected chi connectivity index (χ4v) is 3.37. The lowest BCUT2D eigenvalue weighted by atomic mass is 10.2. The Hall–Kier alpha value is -0.840. The van der Waals surface area contributed by atoms with Gasteiger partial charge in [0.25, 0.3) is 0 Å². The molecule has 1 aliphatic carbocycles. The van der Waals surface area contributed by atoms with Crippen molar-refractivity contribution < 1.29 is 4.39 Å². The first-order valence-electron chi connectivity index (χ1n) is 6.66. The third-order valence-electron chi connectivity index (χ3n) is 3.19. The number of nitrogens with one attached hydrogen (secondary N) is 1. The summed E-state index contributed by atoms with van der Waals surface area (Å²) in [6.45, 7) is 0.753. The first-order chi connectivity index (χ1) is 9.70. The van der Waals surface area contributed by atoms with Crippen LogP contribution < -0.4 is 5.32 Å². The van der Waals surface area contributed by atoms with Gasteiger partial charge in [0.1, 0.15) is 5.82 Å². The van der Waals surface area contributed by atoms with Gasteiger partial charge in [-0.2, -0.15) is 0 Å². The van der Waals surface area contributed by atoms with Crippen LogP contribution in [0.2, 0.25) is 0 Å². The lowest BCUT2D eigenvalue weighted by Gasteiger charge is -2.07. The van der Waals surface area contributed by atoms with Crippen LogP contribution in [0, 0.1) is 5.82 Å². The van der Waals surface area contributed by atoms with Gasteiger partial charge in [0, 0.05) is 26.9 Å². The zero-order valence-electron chi connectivity index (χ0n) is 10.9. The molecule has 1 nitrogen and oxygen atoms in total. The van der Waals surface area contributed by atoms with E-state index in [1.54, 1.807) is 6.07 Å². The van der Waals surface area contributed by atoms with Gasteiger partial charge in [0.15, 0.2) is 0 Å². The van der Waals surface area contributed by atoms with Crippen LogP contribution in [0.4, 0.5) is 4.39 Å². The molecule has 1 fully saturated rings. The molecule has 0 unspecified atom stereocenters. The average Bonchev–Trinajstić information content (AvgIpc) is 3.23. The van der Waals surface area contributed by atoms with Gasteiger partial charge in [-0.25, -0.2) is 4.39 Å². The molecule has 3 rings (SSSR count). The van der Waals surface area contributed by atoms with Crippen molar-refractivity contribution in [3.05, 3.63) is 58.3 Å². The van der Waals surface area contributed by atoms with Crippen LogP contribution in [0.15, 0.2) is 56.7 Å². The van der Waals surface area contributed by atoms with E-state index in [0.717, 1.165) is 21.5 Å². The van der Waals surface area contributed by atoms with Gasteiger partial charge >= 0.3 is 0 Å². The first-order valence-corrected chi connectivity index (χ1v) is 8.27. The lowest BCUT2D eigenvalue weighted by molar-refractivity contribution is 0.595. The lowest BCUT2D eigenvalue weighted by Crippen LogP contribution is -2.15. The molecule has 2 aromatic rings. The minimum atomic E-state index is -0.148. The molecule has 104 valence electrons. The number of benzene rings is 2. The highest BCUT2D eigenvalue weighted by atomic mass is 79.9. The summed E-state index contributed by atoms with van der Waals surface area (Å²) in [4.78, 5) is 1.69. The summed E-state index contributed by atoms with van der Waals surface area (Å²) in [6.07, 6.45) is 2.50.